The molecule has 10 heteroatoms. The van der Waals surface area contributed by atoms with Gasteiger partial charge in [-0.15, -0.1) is 0 Å². The van der Waals surface area contributed by atoms with E-state index < -0.39 is 6.10 Å². The second-order valence-electron chi connectivity index (χ2n) is 8.85. The van der Waals surface area contributed by atoms with Crippen LogP contribution in [0.25, 0.3) is 22.6 Å². The Labute approximate surface area is 217 Å². The minimum atomic E-state index is -0.604. The van der Waals surface area contributed by atoms with Crippen molar-refractivity contribution >= 4 is 5.82 Å². The van der Waals surface area contributed by atoms with Crippen LogP contribution in [-0.2, 0) is 9.47 Å². The monoisotopic (exact) mass is 509 g/mol. The highest BCUT2D eigenvalue weighted by Crippen LogP contribution is 2.32. The van der Waals surface area contributed by atoms with E-state index in [9.17, 15) is 5.11 Å². The lowest BCUT2D eigenvalue weighted by Crippen LogP contribution is -2.29. The van der Waals surface area contributed by atoms with Crippen LogP contribution in [0.2, 0.25) is 0 Å². The number of likely N-dealkylation sites (N-methyl/N-ethyl adjacent to an activating group) is 1. The maximum atomic E-state index is 10.00. The zero-order chi connectivity index (χ0) is 26.0. The number of aliphatic hydroxyl groups is 1. The Morgan fingerprint density at radius 3 is 2.81 bits per heavy atom. The molecule has 0 amide bonds. The molecular formula is C27H35N5O5. The van der Waals surface area contributed by atoms with Crippen LogP contribution in [0, 0.1) is 6.92 Å². The fourth-order valence-electron chi connectivity index (χ4n) is 3.99. The van der Waals surface area contributed by atoms with Crippen LogP contribution >= 0.6 is 0 Å². The Balaban J connectivity index is 1.67. The highest BCUT2D eigenvalue weighted by atomic mass is 16.5. The number of rotatable bonds is 13. The molecule has 1 fully saturated rings. The molecule has 0 spiro atoms. The number of pyridine rings is 1. The van der Waals surface area contributed by atoms with Crippen molar-refractivity contribution in [3.8, 4) is 34.3 Å². The van der Waals surface area contributed by atoms with E-state index in [1.807, 2.05) is 43.3 Å². The van der Waals surface area contributed by atoms with Crippen LogP contribution in [0.5, 0.6) is 11.6 Å². The fraction of sp³-hybridized carbons (Fsp3) is 0.444. The molecule has 10 nitrogen and oxygen atoms in total. The van der Waals surface area contributed by atoms with Crippen LogP contribution in [-0.4, -0.2) is 85.9 Å². The summed E-state index contributed by atoms with van der Waals surface area (Å²) in [5.74, 6) is 2.45. The number of hydrogen-bond donors (Lipinski definition) is 3. The van der Waals surface area contributed by atoms with Crippen molar-refractivity contribution < 1.29 is 24.1 Å². The van der Waals surface area contributed by atoms with E-state index in [0.717, 1.165) is 41.2 Å². The average Bonchev–Trinajstić information content (AvgIpc) is 3.42. The van der Waals surface area contributed by atoms with Gasteiger partial charge in [0.25, 0.3) is 0 Å². The van der Waals surface area contributed by atoms with Crippen molar-refractivity contribution in [3.05, 3.63) is 48.2 Å². The van der Waals surface area contributed by atoms with E-state index in [0.29, 0.717) is 43.8 Å². The third-order valence-corrected chi connectivity index (χ3v) is 5.94. The summed E-state index contributed by atoms with van der Waals surface area (Å²) >= 11 is 0. The summed E-state index contributed by atoms with van der Waals surface area (Å²) in [4.78, 5) is 14.1. The summed E-state index contributed by atoms with van der Waals surface area (Å²) in [6, 6.07) is 11.5. The smallest absolute Gasteiger partial charge is 0.213 e. The molecule has 1 saturated heterocycles. The maximum absolute atomic E-state index is 10.00. The first-order chi connectivity index (χ1) is 18.1. The van der Waals surface area contributed by atoms with Gasteiger partial charge in [0.1, 0.15) is 30.9 Å². The first-order valence-electron chi connectivity index (χ1n) is 12.4. The Hall–Kier alpha value is -3.31. The fourth-order valence-corrected chi connectivity index (χ4v) is 3.99. The minimum Gasteiger partial charge on any atom is -0.491 e. The number of hydrogen-bond acceptors (Lipinski definition) is 10. The summed E-state index contributed by atoms with van der Waals surface area (Å²) in [7, 11) is 3.42. The molecular weight excluding hydrogens is 474 g/mol. The molecule has 198 valence electrons. The predicted molar refractivity (Wildman–Crippen MR) is 141 cm³/mol. The van der Waals surface area contributed by atoms with Crippen molar-refractivity contribution in [2.45, 2.75) is 25.5 Å². The second kappa shape index (κ2) is 13.3. The number of aromatic nitrogens is 3. The number of anilines is 1. The molecule has 0 bridgehead atoms. The van der Waals surface area contributed by atoms with Crippen LogP contribution in [0.4, 0.5) is 5.82 Å². The van der Waals surface area contributed by atoms with E-state index in [2.05, 4.69) is 15.6 Å². The van der Waals surface area contributed by atoms with Crippen molar-refractivity contribution in [3.63, 3.8) is 0 Å². The molecule has 37 heavy (non-hydrogen) atoms. The lowest BCUT2D eigenvalue weighted by atomic mass is 10.1. The normalized spacial score (nSPS) is 15.9. The average molecular weight is 510 g/mol. The van der Waals surface area contributed by atoms with Crippen molar-refractivity contribution in [2.24, 2.45) is 0 Å². The topological polar surface area (TPSA) is 120 Å². The third kappa shape index (κ3) is 7.36. The lowest BCUT2D eigenvalue weighted by molar-refractivity contribution is 0.108. The van der Waals surface area contributed by atoms with Gasteiger partial charge in [0.05, 0.1) is 24.9 Å². The highest BCUT2D eigenvalue weighted by Gasteiger charge is 2.20. The molecule has 1 unspecified atom stereocenters. The highest BCUT2D eigenvalue weighted by molar-refractivity contribution is 5.72. The van der Waals surface area contributed by atoms with Crippen molar-refractivity contribution in [1.82, 2.24) is 20.3 Å². The van der Waals surface area contributed by atoms with E-state index in [-0.39, 0.29) is 12.6 Å². The van der Waals surface area contributed by atoms with Gasteiger partial charge in [-0.1, -0.05) is 12.1 Å². The van der Waals surface area contributed by atoms with Crippen LogP contribution in [0.3, 0.4) is 0 Å². The van der Waals surface area contributed by atoms with Gasteiger partial charge >= 0.3 is 0 Å². The molecule has 3 heterocycles. The summed E-state index contributed by atoms with van der Waals surface area (Å²) < 4.78 is 22.2. The lowest BCUT2D eigenvalue weighted by Gasteiger charge is -2.18. The Bertz CT molecular complexity index is 1160. The number of methoxy groups -OCH3 is 1. The Morgan fingerprint density at radius 1 is 1.14 bits per heavy atom. The van der Waals surface area contributed by atoms with Gasteiger partial charge in [0, 0.05) is 49.2 Å². The predicted octanol–water partition coefficient (Wildman–Crippen LogP) is 2.70. The number of nitrogens with zero attached hydrogens (tertiary/aromatic N) is 3. The van der Waals surface area contributed by atoms with Gasteiger partial charge in [-0.25, -0.2) is 15.0 Å². The second-order valence-corrected chi connectivity index (χ2v) is 8.85. The number of ether oxygens (including phenoxy) is 4. The molecule has 0 saturated carbocycles. The first kappa shape index (κ1) is 26.7. The van der Waals surface area contributed by atoms with E-state index >= 15 is 0 Å². The summed E-state index contributed by atoms with van der Waals surface area (Å²) in [5.41, 5.74) is 3.38. The van der Waals surface area contributed by atoms with Gasteiger partial charge in [-0.2, -0.15) is 0 Å². The van der Waals surface area contributed by atoms with Crippen LogP contribution in [0.15, 0.2) is 42.6 Å². The molecule has 1 aromatic carbocycles. The van der Waals surface area contributed by atoms with E-state index in [1.54, 1.807) is 20.4 Å². The molecule has 0 radical (unpaired) electrons. The van der Waals surface area contributed by atoms with Gasteiger partial charge < -0.3 is 34.7 Å². The molecule has 2 aromatic heterocycles. The maximum Gasteiger partial charge on any atom is 0.213 e. The van der Waals surface area contributed by atoms with Gasteiger partial charge in [-0.05, 0) is 38.6 Å². The third-order valence-electron chi connectivity index (χ3n) is 5.94. The molecule has 3 aromatic rings. The number of benzene rings is 1. The van der Waals surface area contributed by atoms with Crippen molar-refractivity contribution in [1.29, 1.82) is 0 Å². The van der Waals surface area contributed by atoms with Gasteiger partial charge in [0.15, 0.2) is 5.82 Å². The van der Waals surface area contributed by atoms with Gasteiger partial charge in [0.2, 0.25) is 5.88 Å². The molecule has 0 aliphatic carbocycles. The van der Waals surface area contributed by atoms with Crippen LogP contribution in [0.1, 0.15) is 12.0 Å². The summed E-state index contributed by atoms with van der Waals surface area (Å²) in [5, 5.41) is 16.5. The largest absolute Gasteiger partial charge is 0.491 e. The molecule has 2 atom stereocenters. The SMILES string of the molecule is CNCC(O)COc1cccc(-c2nc(N[C@@H]3CCOC3)c(C)c(-c3ccnc(OCCOC)c3)n2)c1. The molecule has 4 rings (SSSR count). The molecule has 1 aliphatic rings. The first-order valence-corrected chi connectivity index (χ1v) is 12.4. The van der Waals surface area contributed by atoms with Gasteiger partial charge in [-0.3, -0.25) is 0 Å². The van der Waals surface area contributed by atoms with Crippen molar-refractivity contribution in [2.75, 3.05) is 59.1 Å². The zero-order valence-corrected chi connectivity index (χ0v) is 21.6. The zero-order valence-electron chi connectivity index (χ0n) is 21.6. The Morgan fingerprint density at radius 2 is 2.03 bits per heavy atom. The number of nitrogens with one attached hydrogen (secondary N) is 2. The Kier molecular flexibility index (Phi) is 9.61. The summed E-state index contributed by atoms with van der Waals surface area (Å²) in [6.07, 6.45) is 2.02. The quantitative estimate of drug-likeness (QED) is 0.297. The van der Waals surface area contributed by atoms with E-state index in [1.165, 1.54) is 0 Å². The minimum absolute atomic E-state index is 0.182. The molecule has 1 aliphatic heterocycles. The number of aliphatic hydroxyl groups excluding tert-OH is 1. The molecule has 3 N–H and O–H groups in total. The van der Waals surface area contributed by atoms with Crippen LogP contribution < -0.4 is 20.1 Å². The standard InChI is InChI=1S/C27H35N5O5/c1-18-25(19-7-9-29-24(14-19)36-12-11-34-3)31-27(32-26(18)30-21-8-10-35-16-21)20-5-4-6-23(13-20)37-17-22(33)15-28-2/h4-7,9,13-14,21-22,28,33H,8,10-12,15-17H2,1-3H3,(H,30,31,32)/t21-,22?/m1/s1. The summed E-state index contributed by atoms with van der Waals surface area (Å²) in [6.45, 7) is 4.89. The van der Waals surface area contributed by atoms with E-state index in [4.69, 9.17) is 28.9 Å².